The van der Waals surface area contributed by atoms with E-state index in [9.17, 15) is 9.50 Å². The SMILES string of the molecule is CN(CCC(O)c1ccc(F)cn1)Cc1cscn1. The van der Waals surface area contributed by atoms with Gasteiger partial charge in [-0.05, 0) is 25.6 Å². The van der Waals surface area contributed by atoms with Crippen molar-refractivity contribution in [1.29, 1.82) is 0 Å². The van der Waals surface area contributed by atoms with Gasteiger partial charge in [-0.1, -0.05) is 0 Å². The standard InChI is InChI=1S/C13H16FN3OS/c1-17(7-11-8-19-9-16-11)5-4-13(18)12-3-2-10(14)6-15-12/h2-3,6,8-9,13,18H,4-5,7H2,1H3. The van der Waals surface area contributed by atoms with E-state index in [4.69, 9.17) is 0 Å². The van der Waals surface area contributed by atoms with Crippen molar-refractivity contribution in [2.24, 2.45) is 0 Å². The van der Waals surface area contributed by atoms with Crippen molar-refractivity contribution in [2.75, 3.05) is 13.6 Å². The minimum Gasteiger partial charge on any atom is -0.387 e. The monoisotopic (exact) mass is 281 g/mol. The second-order valence-corrected chi connectivity index (χ2v) is 5.14. The van der Waals surface area contributed by atoms with Crippen LogP contribution in [0.3, 0.4) is 0 Å². The number of aliphatic hydroxyl groups is 1. The van der Waals surface area contributed by atoms with Crippen LogP contribution in [0, 0.1) is 5.82 Å². The Hall–Kier alpha value is -1.37. The van der Waals surface area contributed by atoms with Crippen LogP contribution < -0.4 is 0 Å². The van der Waals surface area contributed by atoms with Crippen molar-refractivity contribution in [2.45, 2.75) is 19.1 Å². The Morgan fingerprint density at radius 1 is 1.42 bits per heavy atom. The molecule has 19 heavy (non-hydrogen) atoms. The van der Waals surface area contributed by atoms with Gasteiger partial charge >= 0.3 is 0 Å². The smallest absolute Gasteiger partial charge is 0.141 e. The number of thiazole rings is 1. The summed E-state index contributed by atoms with van der Waals surface area (Å²) in [6, 6.07) is 2.82. The average Bonchev–Trinajstić information content (AvgIpc) is 2.89. The molecule has 2 rings (SSSR count). The molecule has 1 unspecified atom stereocenters. The fourth-order valence-electron chi connectivity index (χ4n) is 1.75. The van der Waals surface area contributed by atoms with Gasteiger partial charge in [0, 0.05) is 18.5 Å². The third-order valence-electron chi connectivity index (χ3n) is 2.79. The molecule has 1 atom stereocenters. The molecule has 0 aliphatic rings. The van der Waals surface area contributed by atoms with E-state index in [1.165, 1.54) is 12.1 Å². The zero-order valence-electron chi connectivity index (χ0n) is 10.7. The molecule has 0 aliphatic carbocycles. The molecule has 2 aromatic heterocycles. The molecule has 0 radical (unpaired) electrons. The molecule has 4 nitrogen and oxygen atoms in total. The lowest BCUT2D eigenvalue weighted by atomic mass is 10.1. The number of aromatic nitrogens is 2. The molecule has 2 aromatic rings. The summed E-state index contributed by atoms with van der Waals surface area (Å²) in [7, 11) is 1.98. The lowest BCUT2D eigenvalue weighted by Gasteiger charge is -2.17. The van der Waals surface area contributed by atoms with Crippen LogP contribution in [0.5, 0.6) is 0 Å². The fourth-order valence-corrected chi connectivity index (χ4v) is 2.30. The Balaban J connectivity index is 1.79. The topological polar surface area (TPSA) is 49.2 Å². The number of rotatable bonds is 6. The molecular weight excluding hydrogens is 265 g/mol. The van der Waals surface area contributed by atoms with Crippen LogP contribution in [0.1, 0.15) is 23.9 Å². The normalized spacial score (nSPS) is 12.8. The van der Waals surface area contributed by atoms with Gasteiger partial charge in [0.2, 0.25) is 0 Å². The number of hydrogen-bond donors (Lipinski definition) is 1. The number of aliphatic hydroxyl groups excluding tert-OH is 1. The van der Waals surface area contributed by atoms with Crippen LogP contribution in [-0.4, -0.2) is 33.6 Å². The number of hydrogen-bond acceptors (Lipinski definition) is 5. The van der Waals surface area contributed by atoms with Crippen LogP contribution in [0.2, 0.25) is 0 Å². The zero-order chi connectivity index (χ0) is 13.7. The Kier molecular flexibility index (Phi) is 4.95. The van der Waals surface area contributed by atoms with E-state index < -0.39 is 11.9 Å². The highest BCUT2D eigenvalue weighted by Crippen LogP contribution is 2.15. The highest BCUT2D eigenvalue weighted by atomic mass is 32.1. The molecule has 0 bridgehead atoms. The summed E-state index contributed by atoms with van der Waals surface area (Å²) < 4.78 is 12.7. The summed E-state index contributed by atoms with van der Waals surface area (Å²) >= 11 is 1.57. The summed E-state index contributed by atoms with van der Waals surface area (Å²) in [6.45, 7) is 1.48. The third kappa shape index (κ3) is 4.34. The van der Waals surface area contributed by atoms with Crippen molar-refractivity contribution in [3.63, 3.8) is 0 Å². The molecule has 2 heterocycles. The highest BCUT2D eigenvalue weighted by Gasteiger charge is 2.11. The van der Waals surface area contributed by atoms with Crippen molar-refractivity contribution < 1.29 is 9.50 Å². The van der Waals surface area contributed by atoms with Crippen LogP contribution in [0.15, 0.2) is 29.2 Å². The summed E-state index contributed by atoms with van der Waals surface area (Å²) in [5.74, 6) is -0.392. The highest BCUT2D eigenvalue weighted by molar-refractivity contribution is 7.07. The molecule has 0 saturated carbocycles. The first-order valence-corrected chi connectivity index (χ1v) is 6.94. The maximum Gasteiger partial charge on any atom is 0.141 e. The molecule has 0 aliphatic heterocycles. The molecule has 102 valence electrons. The number of nitrogens with zero attached hydrogens (tertiary/aromatic N) is 3. The molecule has 0 amide bonds. The second kappa shape index (κ2) is 6.70. The molecule has 0 saturated heterocycles. The van der Waals surface area contributed by atoms with Gasteiger partial charge in [-0.3, -0.25) is 4.98 Å². The Morgan fingerprint density at radius 2 is 2.26 bits per heavy atom. The van der Waals surface area contributed by atoms with Gasteiger partial charge in [0.1, 0.15) is 5.82 Å². The van der Waals surface area contributed by atoms with Crippen molar-refractivity contribution in [3.8, 4) is 0 Å². The molecule has 1 N–H and O–H groups in total. The minimum atomic E-state index is -0.668. The first-order valence-electron chi connectivity index (χ1n) is 6.00. The van der Waals surface area contributed by atoms with E-state index in [1.54, 1.807) is 16.8 Å². The van der Waals surface area contributed by atoms with Gasteiger partial charge in [-0.2, -0.15) is 0 Å². The van der Waals surface area contributed by atoms with E-state index in [0.717, 1.165) is 25.0 Å². The van der Waals surface area contributed by atoms with Gasteiger partial charge in [0.05, 0.1) is 29.2 Å². The lowest BCUT2D eigenvalue weighted by molar-refractivity contribution is 0.143. The Labute approximate surface area is 115 Å². The number of pyridine rings is 1. The Morgan fingerprint density at radius 3 is 2.89 bits per heavy atom. The largest absolute Gasteiger partial charge is 0.387 e. The molecule has 0 spiro atoms. The van der Waals surface area contributed by atoms with E-state index in [-0.39, 0.29) is 0 Å². The summed E-state index contributed by atoms with van der Waals surface area (Å²) in [5.41, 5.74) is 3.34. The van der Waals surface area contributed by atoms with E-state index >= 15 is 0 Å². The van der Waals surface area contributed by atoms with Crippen molar-refractivity contribution in [1.82, 2.24) is 14.9 Å². The summed E-state index contributed by atoms with van der Waals surface area (Å²) in [4.78, 5) is 10.2. The van der Waals surface area contributed by atoms with Crippen LogP contribution >= 0.6 is 11.3 Å². The quantitative estimate of drug-likeness (QED) is 0.882. The predicted molar refractivity (Wildman–Crippen MR) is 72.2 cm³/mol. The first-order chi connectivity index (χ1) is 9.15. The third-order valence-corrected chi connectivity index (χ3v) is 3.43. The van der Waals surface area contributed by atoms with Crippen molar-refractivity contribution >= 4 is 11.3 Å². The van der Waals surface area contributed by atoms with E-state index in [0.29, 0.717) is 12.1 Å². The number of halogens is 1. The van der Waals surface area contributed by atoms with Crippen LogP contribution in [-0.2, 0) is 6.54 Å². The van der Waals surface area contributed by atoms with Gasteiger partial charge in [0.25, 0.3) is 0 Å². The van der Waals surface area contributed by atoms with Crippen LogP contribution in [0.4, 0.5) is 4.39 Å². The predicted octanol–water partition coefficient (Wildman–Crippen LogP) is 2.23. The molecule has 0 aromatic carbocycles. The Bertz CT molecular complexity index is 489. The first kappa shape index (κ1) is 14.0. The van der Waals surface area contributed by atoms with Gasteiger partial charge < -0.3 is 10.0 Å². The average molecular weight is 281 g/mol. The maximum atomic E-state index is 12.7. The van der Waals surface area contributed by atoms with Gasteiger partial charge in [0.15, 0.2) is 0 Å². The molecule has 6 heteroatoms. The second-order valence-electron chi connectivity index (χ2n) is 4.42. The van der Waals surface area contributed by atoms with E-state index in [1.807, 2.05) is 12.4 Å². The molecule has 0 fully saturated rings. The maximum absolute atomic E-state index is 12.7. The fraction of sp³-hybridized carbons (Fsp3) is 0.385. The summed E-state index contributed by atoms with van der Waals surface area (Å²) in [5, 5.41) is 12.0. The van der Waals surface area contributed by atoms with Gasteiger partial charge in [-0.15, -0.1) is 11.3 Å². The van der Waals surface area contributed by atoms with E-state index in [2.05, 4.69) is 14.9 Å². The molecular formula is C13H16FN3OS. The lowest BCUT2D eigenvalue weighted by Crippen LogP contribution is -2.21. The van der Waals surface area contributed by atoms with Gasteiger partial charge in [-0.25, -0.2) is 9.37 Å². The minimum absolute atomic E-state index is 0.392. The van der Waals surface area contributed by atoms with Crippen molar-refractivity contribution in [3.05, 3.63) is 46.4 Å². The zero-order valence-corrected chi connectivity index (χ0v) is 11.5. The van der Waals surface area contributed by atoms with Crippen LogP contribution in [0.25, 0.3) is 0 Å². The summed E-state index contributed by atoms with van der Waals surface area (Å²) in [6.07, 6.45) is 1.01.